The Morgan fingerprint density at radius 3 is 2.68 bits per heavy atom. The van der Waals surface area contributed by atoms with Crippen LogP contribution in [0.1, 0.15) is 19.3 Å². The minimum atomic E-state index is -0.423. The molecule has 4 rings (SSSR count). The second-order valence-corrected chi connectivity index (χ2v) is 6.88. The number of pyridine rings is 1. The van der Waals surface area contributed by atoms with Gasteiger partial charge in [-0.2, -0.15) is 0 Å². The minimum absolute atomic E-state index is 0.0228. The van der Waals surface area contributed by atoms with Crippen molar-refractivity contribution in [2.75, 3.05) is 32.8 Å². The Bertz CT molecular complexity index is 628. The number of likely N-dealkylation sites (tertiary alicyclic amines) is 1. The summed E-state index contributed by atoms with van der Waals surface area (Å²) >= 11 is 0. The molecule has 3 heterocycles. The smallest absolute Gasteiger partial charge is 0.245 e. The maximum absolute atomic E-state index is 13.0. The Balaban J connectivity index is 1.48. The van der Waals surface area contributed by atoms with Crippen LogP contribution in [0.4, 0.5) is 0 Å². The highest BCUT2D eigenvalue weighted by Crippen LogP contribution is 2.35. The SMILES string of the molecule is O=C([C@@H]1C[C@H](Oc2cccnc2)CN1C(=O)C1CC1)N1CCOCC1. The lowest BCUT2D eigenvalue weighted by Crippen LogP contribution is -2.51. The second kappa shape index (κ2) is 7.00. The van der Waals surface area contributed by atoms with Gasteiger partial charge < -0.3 is 19.3 Å². The first-order valence-electron chi connectivity index (χ1n) is 8.96. The molecule has 0 radical (unpaired) electrons. The molecule has 7 nitrogen and oxygen atoms in total. The third-order valence-corrected chi connectivity index (χ3v) is 5.02. The number of amides is 2. The Hall–Kier alpha value is -2.15. The van der Waals surface area contributed by atoms with Crippen LogP contribution in [0.5, 0.6) is 5.75 Å². The summed E-state index contributed by atoms with van der Waals surface area (Å²) in [4.78, 5) is 33.2. The molecule has 1 saturated carbocycles. The van der Waals surface area contributed by atoms with Crippen molar-refractivity contribution in [1.29, 1.82) is 0 Å². The Labute approximate surface area is 146 Å². The van der Waals surface area contributed by atoms with Gasteiger partial charge in [-0.1, -0.05) is 0 Å². The van der Waals surface area contributed by atoms with Crippen LogP contribution in [-0.2, 0) is 14.3 Å². The zero-order valence-electron chi connectivity index (χ0n) is 14.2. The van der Waals surface area contributed by atoms with E-state index in [1.807, 2.05) is 17.0 Å². The van der Waals surface area contributed by atoms with E-state index >= 15 is 0 Å². The standard InChI is InChI=1S/C18H23N3O4/c22-17(13-3-4-13)21-12-15(25-14-2-1-5-19-11-14)10-16(21)18(23)20-6-8-24-9-7-20/h1-2,5,11,13,15-16H,3-4,6-10,12H2/t15-,16-/m0/s1. The third-order valence-electron chi connectivity index (χ3n) is 5.02. The van der Waals surface area contributed by atoms with Crippen molar-refractivity contribution in [3.63, 3.8) is 0 Å². The van der Waals surface area contributed by atoms with Crippen LogP contribution >= 0.6 is 0 Å². The third kappa shape index (κ3) is 3.61. The van der Waals surface area contributed by atoms with Crippen molar-refractivity contribution in [1.82, 2.24) is 14.8 Å². The van der Waals surface area contributed by atoms with Gasteiger partial charge in [0.25, 0.3) is 0 Å². The van der Waals surface area contributed by atoms with Crippen LogP contribution in [0.15, 0.2) is 24.5 Å². The molecule has 0 N–H and O–H groups in total. The van der Waals surface area contributed by atoms with Crippen molar-refractivity contribution in [3.8, 4) is 5.75 Å². The number of rotatable bonds is 4. The van der Waals surface area contributed by atoms with Crippen molar-refractivity contribution < 1.29 is 19.1 Å². The van der Waals surface area contributed by atoms with E-state index in [1.165, 1.54) is 0 Å². The van der Waals surface area contributed by atoms with Crippen LogP contribution in [-0.4, -0.2) is 71.6 Å². The van der Waals surface area contributed by atoms with E-state index in [4.69, 9.17) is 9.47 Å². The number of ether oxygens (including phenoxy) is 2. The molecule has 7 heteroatoms. The quantitative estimate of drug-likeness (QED) is 0.803. The lowest BCUT2D eigenvalue weighted by molar-refractivity contribution is -0.147. The van der Waals surface area contributed by atoms with Crippen LogP contribution in [0, 0.1) is 5.92 Å². The molecule has 0 bridgehead atoms. The zero-order chi connectivity index (χ0) is 17.2. The fourth-order valence-corrected chi connectivity index (χ4v) is 3.53. The molecule has 2 saturated heterocycles. The van der Waals surface area contributed by atoms with Gasteiger partial charge in [0, 0.05) is 31.6 Å². The van der Waals surface area contributed by atoms with Crippen LogP contribution in [0.3, 0.4) is 0 Å². The molecule has 2 amide bonds. The number of morpholine rings is 1. The van der Waals surface area contributed by atoms with Gasteiger partial charge in [-0.05, 0) is 25.0 Å². The van der Waals surface area contributed by atoms with E-state index in [9.17, 15) is 9.59 Å². The Morgan fingerprint density at radius 1 is 1.20 bits per heavy atom. The number of carbonyl (C=O) groups excluding carboxylic acids is 2. The molecule has 3 fully saturated rings. The molecule has 2 atom stereocenters. The second-order valence-electron chi connectivity index (χ2n) is 6.88. The summed E-state index contributed by atoms with van der Waals surface area (Å²) in [6, 6.07) is 3.23. The fraction of sp³-hybridized carbons (Fsp3) is 0.611. The first kappa shape index (κ1) is 16.3. The molecular weight excluding hydrogens is 322 g/mol. The van der Waals surface area contributed by atoms with E-state index in [0.29, 0.717) is 45.0 Å². The molecule has 3 aliphatic rings. The average molecular weight is 345 g/mol. The maximum atomic E-state index is 13.0. The lowest BCUT2D eigenvalue weighted by Gasteiger charge is -2.32. The summed E-state index contributed by atoms with van der Waals surface area (Å²) in [7, 11) is 0. The summed E-state index contributed by atoms with van der Waals surface area (Å²) in [6.07, 6.45) is 5.56. The molecular formula is C18H23N3O4. The molecule has 1 aromatic rings. The fourth-order valence-electron chi connectivity index (χ4n) is 3.53. The molecule has 0 unspecified atom stereocenters. The van der Waals surface area contributed by atoms with E-state index in [0.717, 1.165) is 12.8 Å². The van der Waals surface area contributed by atoms with Gasteiger partial charge in [0.15, 0.2) is 0 Å². The van der Waals surface area contributed by atoms with Crippen LogP contribution in [0.25, 0.3) is 0 Å². The number of carbonyl (C=O) groups is 2. The van der Waals surface area contributed by atoms with Crippen molar-refractivity contribution >= 4 is 11.8 Å². The monoisotopic (exact) mass is 345 g/mol. The van der Waals surface area contributed by atoms with Gasteiger partial charge in [-0.3, -0.25) is 14.6 Å². The molecule has 1 aliphatic carbocycles. The highest BCUT2D eigenvalue weighted by atomic mass is 16.5. The predicted molar refractivity (Wildman–Crippen MR) is 88.9 cm³/mol. The van der Waals surface area contributed by atoms with Gasteiger partial charge in [0.1, 0.15) is 17.9 Å². The number of hydrogen-bond acceptors (Lipinski definition) is 5. The topological polar surface area (TPSA) is 72.0 Å². The lowest BCUT2D eigenvalue weighted by atomic mass is 10.1. The van der Waals surface area contributed by atoms with Crippen LogP contribution < -0.4 is 4.74 Å². The van der Waals surface area contributed by atoms with Gasteiger partial charge in [0.05, 0.1) is 26.0 Å². The van der Waals surface area contributed by atoms with Crippen molar-refractivity contribution in [2.24, 2.45) is 5.92 Å². The van der Waals surface area contributed by atoms with Gasteiger partial charge in [-0.15, -0.1) is 0 Å². The number of nitrogens with zero attached hydrogens (tertiary/aromatic N) is 3. The normalized spacial score (nSPS) is 26.6. The summed E-state index contributed by atoms with van der Waals surface area (Å²) in [5.41, 5.74) is 0. The number of hydrogen-bond donors (Lipinski definition) is 0. The van der Waals surface area contributed by atoms with Gasteiger partial charge in [-0.25, -0.2) is 0 Å². The van der Waals surface area contributed by atoms with E-state index in [-0.39, 0.29) is 23.8 Å². The first-order valence-corrected chi connectivity index (χ1v) is 8.96. The summed E-state index contributed by atoms with van der Waals surface area (Å²) in [6.45, 7) is 2.77. The Kier molecular flexibility index (Phi) is 4.57. The van der Waals surface area contributed by atoms with Gasteiger partial charge in [0.2, 0.25) is 11.8 Å². The van der Waals surface area contributed by atoms with Crippen molar-refractivity contribution in [2.45, 2.75) is 31.4 Å². The van der Waals surface area contributed by atoms with Crippen LogP contribution in [0.2, 0.25) is 0 Å². The summed E-state index contributed by atoms with van der Waals surface area (Å²) < 4.78 is 11.3. The highest BCUT2D eigenvalue weighted by molar-refractivity contribution is 5.90. The summed E-state index contributed by atoms with van der Waals surface area (Å²) in [5.74, 6) is 0.890. The van der Waals surface area contributed by atoms with E-state index < -0.39 is 6.04 Å². The molecule has 25 heavy (non-hydrogen) atoms. The maximum Gasteiger partial charge on any atom is 0.245 e. The van der Waals surface area contributed by atoms with E-state index in [1.54, 1.807) is 17.3 Å². The highest BCUT2D eigenvalue weighted by Gasteiger charge is 2.46. The van der Waals surface area contributed by atoms with Gasteiger partial charge >= 0.3 is 0 Å². The molecule has 1 aromatic heterocycles. The van der Waals surface area contributed by atoms with E-state index in [2.05, 4.69) is 4.98 Å². The largest absolute Gasteiger partial charge is 0.487 e. The molecule has 0 aromatic carbocycles. The minimum Gasteiger partial charge on any atom is -0.487 e. The average Bonchev–Trinajstić information content (AvgIpc) is 3.43. The first-order chi connectivity index (χ1) is 12.2. The Morgan fingerprint density at radius 2 is 2.00 bits per heavy atom. The van der Waals surface area contributed by atoms with Crippen molar-refractivity contribution in [3.05, 3.63) is 24.5 Å². The number of aromatic nitrogens is 1. The summed E-state index contributed by atoms with van der Waals surface area (Å²) in [5, 5.41) is 0. The zero-order valence-corrected chi connectivity index (χ0v) is 14.2. The predicted octanol–water partition coefficient (Wildman–Crippen LogP) is 0.699. The molecule has 2 aliphatic heterocycles. The molecule has 0 spiro atoms. The molecule has 134 valence electrons.